The fourth-order valence-corrected chi connectivity index (χ4v) is 3.08. The monoisotopic (exact) mass is 272 g/mol. The average Bonchev–Trinajstić information content (AvgIpc) is 2.51. The molecular weight excluding hydrogens is 264 g/mol. The maximum Gasteiger partial charge on any atom is 0.285 e. The number of nitrogens with zero attached hydrogens (tertiary/aromatic N) is 2. The van der Waals surface area contributed by atoms with Crippen LogP contribution >= 0.6 is 11.6 Å². The molecule has 0 atom stereocenters. The number of amides is 1. The largest absolute Gasteiger partial charge is 0.285 e. The minimum Gasteiger partial charge on any atom is -0.268 e. The van der Waals surface area contributed by atoms with Gasteiger partial charge in [0.25, 0.3) is 15.9 Å². The summed E-state index contributed by atoms with van der Waals surface area (Å²) in [7, 11) is -3.80. The van der Waals surface area contributed by atoms with Crippen LogP contribution in [-0.2, 0) is 10.0 Å². The van der Waals surface area contributed by atoms with Crippen molar-refractivity contribution in [2.45, 2.75) is 5.03 Å². The van der Waals surface area contributed by atoms with Crippen molar-refractivity contribution in [1.82, 2.24) is 9.29 Å². The highest BCUT2D eigenvalue weighted by molar-refractivity contribution is 7.90. The van der Waals surface area contributed by atoms with E-state index in [0.717, 1.165) is 4.31 Å². The molecule has 1 amide bonds. The van der Waals surface area contributed by atoms with E-state index in [1.165, 1.54) is 24.4 Å². The van der Waals surface area contributed by atoms with Gasteiger partial charge >= 0.3 is 0 Å². The summed E-state index contributed by atoms with van der Waals surface area (Å²) in [6.45, 7) is -0.0236. The Hall–Kier alpha value is -1.40. The van der Waals surface area contributed by atoms with Crippen molar-refractivity contribution >= 4 is 27.5 Å². The Morgan fingerprint density at radius 3 is 2.82 bits per heavy atom. The Morgan fingerprint density at radius 1 is 1.41 bits per heavy atom. The molecule has 0 aliphatic carbocycles. The Kier molecular flexibility index (Phi) is 3.17. The molecule has 1 aliphatic rings. The number of aromatic nitrogens is 1. The SMILES string of the molecule is O=C1c2cccnc2S(=O)(=O)N1C/C=C/CCl. The topological polar surface area (TPSA) is 67.3 Å². The molecule has 5 nitrogen and oxygen atoms in total. The van der Waals surface area contributed by atoms with Gasteiger partial charge in [0.2, 0.25) is 0 Å². The molecule has 0 bridgehead atoms. The van der Waals surface area contributed by atoms with Crippen molar-refractivity contribution in [2.24, 2.45) is 0 Å². The van der Waals surface area contributed by atoms with Crippen molar-refractivity contribution in [1.29, 1.82) is 0 Å². The second-order valence-corrected chi connectivity index (χ2v) is 5.41. The number of alkyl halides is 1. The van der Waals surface area contributed by atoms with E-state index in [1.807, 2.05) is 0 Å². The number of halogens is 1. The van der Waals surface area contributed by atoms with Crippen molar-refractivity contribution in [3.8, 4) is 0 Å². The fourth-order valence-electron chi connectivity index (χ4n) is 1.52. The van der Waals surface area contributed by atoms with Crippen LogP contribution in [0.5, 0.6) is 0 Å². The first-order valence-electron chi connectivity index (χ1n) is 4.82. The number of allylic oxidation sites excluding steroid dienone is 1. The molecule has 0 spiro atoms. The predicted molar refractivity (Wildman–Crippen MR) is 62.3 cm³/mol. The molecule has 1 aliphatic heterocycles. The van der Waals surface area contributed by atoms with E-state index in [0.29, 0.717) is 0 Å². The molecule has 7 heteroatoms. The van der Waals surface area contributed by atoms with Crippen LogP contribution in [0.2, 0.25) is 0 Å². The molecule has 1 aromatic heterocycles. The van der Waals surface area contributed by atoms with Crippen LogP contribution in [0.3, 0.4) is 0 Å². The van der Waals surface area contributed by atoms with Gasteiger partial charge < -0.3 is 0 Å². The molecule has 1 aromatic rings. The maximum absolute atomic E-state index is 12.0. The number of carbonyl (C=O) groups excluding carboxylic acids is 1. The average molecular weight is 273 g/mol. The summed E-state index contributed by atoms with van der Waals surface area (Å²) in [6.07, 6.45) is 4.47. The van der Waals surface area contributed by atoms with Crippen LogP contribution in [0, 0.1) is 0 Å². The fraction of sp³-hybridized carbons (Fsp3) is 0.200. The van der Waals surface area contributed by atoms with Gasteiger partial charge in [-0.25, -0.2) is 9.29 Å². The van der Waals surface area contributed by atoms with Gasteiger partial charge in [0.1, 0.15) is 0 Å². The number of carbonyl (C=O) groups is 1. The number of rotatable bonds is 3. The summed E-state index contributed by atoms with van der Waals surface area (Å²) in [5.41, 5.74) is 0.117. The Balaban J connectivity index is 2.41. The van der Waals surface area contributed by atoms with E-state index >= 15 is 0 Å². The molecule has 17 heavy (non-hydrogen) atoms. The second-order valence-electron chi connectivity index (χ2n) is 3.32. The number of sulfonamides is 1. The minimum atomic E-state index is -3.80. The first-order valence-corrected chi connectivity index (χ1v) is 6.79. The van der Waals surface area contributed by atoms with Crippen molar-refractivity contribution < 1.29 is 13.2 Å². The third-order valence-corrected chi connectivity index (χ3v) is 4.18. The molecule has 2 rings (SSSR count). The van der Waals surface area contributed by atoms with E-state index in [4.69, 9.17) is 11.6 Å². The highest BCUT2D eigenvalue weighted by Crippen LogP contribution is 2.27. The van der Waals surface area contributed by atoms with Crippen molar-refractivity contribution in [3.05, 3.63) is 36.0 Å². The third kappa shape index (κ3) is 1.94. The zero-order valence-electron chi connectivity index (χ0n) is 8.71. The summed E-state index contributed by atoms with van der Waals surface area (Å²) in [5, 5.41) is -0.177. The highest BCUT2D eigenvalue weighted by Gasteiger charge is 2.41. The third-order valence-electron chi connectivity index (χ3n) is 2.29. The summed E-state index contributed by atoms with van der Waals surface area (Å²) in [5.74, 6) is -0.278. The Morgan fingerprint density at radius 2 is 2.18 bits per heavy atom. The molecule has 0 radical (unpaired) electrons. The van der Waals surface area contributed by atoms with Gasteiger partial charge in [-0.1, -0.05) is 12.2 Å². The Bertz CT molecular complexity index is 583. The zero-order chi connectivity index (χ0) is 12.5. The lowest BCUT2D eigenvalue weighted by molar-refractivity contribution is 0.0880. The van der Waals surface area contributed by atoms with Gasteiger partial charge in [-0.2, -0.15) is 8.42 Å². The van der Waals surface area contributed by atoms with Gasteiger partial charge in [0.15, 0.2) is 5.03 Å². The summed E-state index contributed by atoms with van der Waals surface area (Å²) in [4.78, 5) is 15.6. The Labute approximate surface area is 104 Å². The van der Waals surface area contributed by atoms with E-state index in [-0.39, 0.29) is 23.0 Å². The molecule has 0 aromatic carbocycles. The van der Waals surface area contributed by atoms with E-state index in [2.05, 4.69) is 4.98 Å². The lowest BCUT2D eigenvalue weighted by Crippen LogP contribution is -2.30. The van der Waals surface area contributed by atoms with Gasteiger partial charge in [0, 0.05) is 12.1 Å². The summed E-state index contributed by atoms with van der Waals surface area (Å²) < 4.78 is 24.7. The highest BCUT2D eigenvalue weighted by atomic mass is 35.5. The van der Waals surface area contributed by atoms with Crippen LogP contribution in [0.4, 0.5) is 0 Å². The first-order chi connectivity index (χ1) is 8.09. The molecule has 0 fully saturated rings. The molecule has 2 heterocycles. The van der Waals surface area contributed by atoms with Gasteiger partial charge in [-0.15, -0.1) is 11.6 Å². The van der Waals surface area contributed by atoms with Crippen LogP contribution in [-0.4, -0.2) is 36.0 Å². The summed E-state index contributed by atoms with van der Waals surface area (Å²) in [6, 6.07) is 2.98. The zero-order valence-corrected chi connectivity index (χ0v) is 10.3. The smallest absolute Gasteiger partial charge is 0.268 e. The number of hydrogen-bond acceptors (Lipinski definition) is 4. The molecule has 0 saturated carbocycles. The van der Waals surface area contributed by atoms with Crippen LogP contribution < -0.4 is 0 Å². The standard InChI is InChI=1S/C10H9ClN2O3S/c11-5-1-2-7-13-10(14)8-4-3-6-12-9(8)17(13,15)16/h1-4,6H,5,7H2/b2-1+. The van der Waals surface area contributed by atoms with Crippen LogP contribution in [0.25, 0.3) is 0 Å². The van der Waals surface area contributed by atoms with E-state index in [1.54, 1.807) is 6.08 Å². The molecule has 90 valence electrons. The molecule has 0 N–H and O–H groups in total. The van der Waals surface area contributed by atoms with E-state index < -0.39 is 15.9 Å². The van der Waals surface area contributed by atoms with Gasteiger partial charge in [-0.05, 0) is 12.1 Å². The van der Waals surface area contributed by atoms with Crippen LogP contribution in [0.1, 0.15) is 10.4 Å². The lowest BCUT2D eigenvalue weighted by atomic mass is 10.3. The second kappa shape index (κ2) is 4.46. The number of fused-ring (bicyclic) bond motifs is 1. The van der Waals surface area contributed by atoms with Gasteiger partial charge in [0.05, 0.1) is 12.1 Å². The van der Waals surface area contributed by atoms with E-state index in [9.17, 15) is 13.2 Å². The number of hydrogen-bond donors (Lipinski definition) is 0. The summed E-state index contributed by atoms with van der Waals surface area (Å²) >= 11 is 5.43. The van der Waals surface area contributed by atoms with Gasteiger partial charge in [-0.3, -0.25) is 4.79 Å². The predicted octanol–water partition coefficient (Wildman–Crippen LogP) is 1.02. The van der Waals surface area contributed by atoms with Crippen molar-refractivity contribution in [3.63, 3.8) is 0 Å². The van der Waals surface area contributed by atoms with Crippen LogP contribution in [0.15, 0.2) is 35.5 Å². The maximum atomic E-state index is 12.0. The normalized spacial score (nSPS) is 17.7. The quantitative estimate of drug-likeness (QED) is 0.609. The molecule has 0 saturated heterocycles. The molecular formula is C10H9ClN2O3S. The number of pyridine rings is 1. The lowest BCUT2D eigenvalue weighted by Gasteiger charge is -2.11. The first kappa shape index (κ1) is 12.1. The molecule has 0 unspecified atom stereocenters. The van der Waals surface area contributed by atoms with Crippen molar-refractivity contribution in [2.75, 3.05) is 12.4 Å². The minimum absolute atomic E-state index is 0.0236.